The third-order valence-electron chi connectivity index (χ3n) is 7.47. The van der Waals surface area contributed by atoms with Gasteiger partial charge in [0, 0.05) is 12.6 Å². The molecule has 2 atom stereocenters. The minimum Gasteiger partial charge on any atom is -0.300 e. The van der Waals surface area contributed by atoms with Gasteiger partial charge in [-0.15, -0.1) is 0 Å². The summed E-state index contributed by atoms with van der Waals surface area (Å²) < 4.78 is 0. The SMILES string of the molecule is CCC(C)c1ccc(CCN2CCCCC2CCCC2CCCCC2)cc1. The predicted octanol–water partition coefficient (Wildman–Crippen LogP) is 7.35. The van der Waals surface area contributed by atoms with Crippen LogP contribution >= 0.6 is 0 Å². The first-order valence-electron chi connectivity index (χ1n) is 12.1. The molecule has 0 amide bonds. The van der Waals surface area contributed by atoms with E-state index in [9.17, 15) is 0 Å². The Labute approximate surface area is 168 Å². The van der Waals surface area contributed by atoms with E-state index in [4.69, 9.17) is 0 Å². The van der Waals surface area contributed by atoms with Gasteiger partial charge in [-0.1, -0.05) is 89.5 Å². The molecule has 0 N–H and O–H groups in total. The van der Waals surface area contributed by atoms with Gasteiger partial charge in [0.15, 0.2) is 0 Å². The molecule has 2 aliphatic rings. The summed E-state index contributed by atoms with van der Waals surface area (Å²) in [5.41, 5.74) is 3.02. The summed E-state index contributed by atoms with van der Waals surface area (Å²) >= 11 is 0. The Morgan fingerprint density at radius 2 is 1.67 bits per heavy atom. The Bertz CT molecular complexity index is 514. The number of hydrogen-bond acceptors (Lipinski definition) is 1. The molecule has 1 aliphatic heterocycles. The summed E-state index contributed by atoms with van der Waals surface area (Å²) in [4.78, 5) is 2.83. The van der Waals surface area contributed by atoms with Crippen molar-refractivity contribution >= 4 is 0 Å². The molecule has 152 valence electrons. The van der Waals surface area contributed by atoms with E-state index in [1.165, 1.54) is 108 Å². The van der Waals surface area contributed by atoms with Crippen LogP contribution in [0.2, 0.25) is 0 Å². The maximum Gasteiger partial charge on any atom is 0.00953 e. The van der Waals surface area contributed by atoms with Gasteiger partial charge in [-0.3, -0.25) is 0 Å². The van der Waals surface area contributed by atoms with Crippen LogP contribution in [0.25, 0.3) is 0 Å². The van der Waals surface area contributed by atoms with Crippen LogP contribution in [-0.4, -0.2) is 24.0 Å². The molecule has 2 fully saturated rings. The molecular weight excluding hydrogens is 326 g/mol. The van der Waals surface area contributed by atoms with Gasteiger partial charge in [-0.2, -0.15) is 0 Å². The van der Waals surface area contributed by atoms with E-state index in [1.807, 2.05) is 0 Å². The first kappa shape index (κ1) is 20.9. The molecular formula is C26H43N. The Hall–Kier alpha value is -0.820. The smallest absolute Gasteiger partial charge is 0.00953 e. The summed E-state index contributed by atoms with van der Waals surface area (Å²) in [5.74, 6) is 1.74. The van der Waals surface area contributed by atoms with Gasteiger partial charge in [-0.25, -0.2) is 0 Å². The molecule has 0 aromatic heterocycles. The van der Waals surface area contributed by atoms with Crippen molar-refractivity contribution in [1.29, 1.82) is 0 Å². The van der Waals surface area contributed by atoms with Crippen molar-refractivity contribution in [3.05, 3.63) is 35.4 Å². The van der Waals surface area contributed by atoms with Gasteiger partial charge in [0.2, 0.25) is 0 Å². The molecule has 1 aromatic rings. The largest absolute Gasteiger partial charge is 0.300 e. The molecule has 1 saturated carbocycles. The predicted molar refractivity (Wildman–Crippen MR) is 118 cm³/mol. The summed E-state index contributed by atoms with van der Waals surface area (Å²) in [5, 5.41) is 0. The number of rotatable bonds is 9. The van der Waals surface area contributed by atoms with Gasteiger partial charge in [0.05, 0.1) is 0 Å². The van der Waals surface area contributed by atoms with E-state index in [1.54, 1.807) is 0 Å². The second kappa shape index (κ2) is 11.2. The molecule has 1 heteroatoms. The molecule has 2 unspecified atom stereocenters. The van der Waals surface area contributed by atoms with Gasteiger partial charge in [0.25, 0.3) is 0 Å². The molecule has 27 heavy (non-hydrogen) atoms. The average molecular weight is 370 g/mol. The minimum absolute atomic E-state index is 0.690. The summed E-state index contributed by atoms with van der Waals surface area (Å²) in [7, 11) is 0. The van der Waals surface area contributed by atoms with Crippen LogP contribution in [0.3, 0.4) is 0 Å². The first-order valence-corrected chi connectivity index (χ1v) is 12.1. The fourth-order valence-electron chi connectivity index (χ4n) is 5.32. The van der Waals surface area contributed by atoms with Gasteiger partial charge < -0.3 is 4.90 Å². The number of likely N-dealkylation sites (tertiary alicyclic amines) is 1. The van der Waals surface area contributed by atoms with Gasteiger partial charge in [-0.05, 0) is 61.6 Å². The van der Waals surface area contributed by atoms with E-state index in [-0.39, 0.29) is 0 Å². The lowest BCUT2D eigenvalue weighted by Gasteiger charge is -2.36. The highest BCUT2D eigenvalue weighted by atomic mass is 15.2. The van der Waals surface area contributed by atoms with Crippen molar-refractivity contribution in [3.63, 3.8) is 0 Å². The monoisotopic (exact) mass is 369 g/mol. The maximum absolute atomic E-state index is 2.83. The molecule has 1 heterocycles. The third-order valence-corrected chi connectivity index (χ3v) is 7.47. The summed E-state index contributed by atoms with van der Waals surface area (Å²) in [6, 6.07) is 10.3. The topological polar surface area (TPSA) is 3.24 Å². The average Bonchev–Trinajstić information content (AvgIpc) is 2.73. The first-order chi connectivity index (χ1) is 13.3. The van der Waals surface area contributed by atoms with Crippen molar-refractivity contribution < 1.29 is 0 Å². The molecule has 1 aliphatic carbocycles. The summed E-state index contributed by atoms with van der Waals surface area (Å²) in [6.45, 7) is 7.21. The van der Waals surface area contributed by atoms with Gasteiger partial charge in [0.1, 0.15) is 0 Å². The lowest BCUT2D eigenvalue weighted by molar-refractivity contribution is 0.137. The Morgan fingerprint density at radius 3 is 2.41 bits per heavy atom. The lowest BCUT2D eigenvalue weighted by atomic mass is 9.85. The van der Waals surface area contributed by atoms with Crippen molar-refractivity contribution in [3.8, 4) is 0 Å². The Kier molecular flexibility index (Phi) is 8.71. The lowest BCUT2D eigenvalue weighted by Crippen LogP contribution is -2.40. The van der Waals surface area contributed by atoms with Crippen LogP contribution in [0.15, 0.2) is 24.3 Å². The second-order valence-corrected chi connectivity index (χ2v) is 9.42. The summed E-state index contributed by atoms with van der Waals surface area (Å²) in [6.07, 6.45) is 18.7. The van der Waals surface area contributed by atoms with Crippen LogP contribution in [0.1, 0.15) is 108 Å². The zero-order chi connectivity index (χ0) is 18.9. The van der Waals surface area contributed by atoms with Crippen LogP contribution in [0, 0.1) is 5.92 Å². The molecule has 3 rings (SSSR count). The van der Waals surface area contributed by atoms with Crippen LogP contribution < -0.4 is 0 Å². The highest BCUT2D eigenvalue weighted by molar-refractivity contribution is 5.25. The highest BCUT2D eigenvalue weighted by Gasteiger charge is 2.22. The van der Waals surface area contributed by atoms with Crippen molar-refractivity contribution in [2.45, 2.75) is 109 Å². The number of benzene rings is 1. The normalized spacial score (nSPS) is 23.4. The Balaban J connectivity index is 1.42. The number of hydrogen-bond donors (Lipinski definition) is 0. The zero-order valence-electron chi connectivity index (χ0n) is 18.1. The minimum atomic E-state index is 0.690. The van der Waals surface area contributed by atoms with E-state index < -0.39 is 0 Å². The van der Waals surface area contributed by atoms with Crippen LogP contribution in [-0.2, 0) is 6.42 Å². The third kappa shape index (κ3) is 6.63. The van der Waals surface area contributed by atoms with E-state index in [0.29, 0.717) is 5.92 Å². The fraction of sp³-hybridized carbons (Fsp3) is 0.769. The maximum atomic E-state index is 2.83. The van der Waals surface area contributed by atoms with Gasteiger partial charge >= 0.3 is 0 Å². The van der Waals surface area contributed by atoms with Crippen molar-refractivity contribution in [1.82, 2.24) is 4.90 Å². The van der Waals surface area contributed by atoms with E-state index in [2.05, 4.69) is 43.0 Å². The molecule has 0 bridgehead atoms. The van der Waals surface area contributed by atoms with E-state index >= 15 is 0 Å². The zero-order valence-corrected chi connectivity index (χ0v) is 18.1. The van der Waals surface area contributed by atoms with E-state index in [0.717, 1.165) is 12.0 Å². The molecule has 0 radical (unpaired) electrons. The Morgan fingerprint density at radius 1 is 0.926 bits per heavy atom. The molecule has 1 saturated heterocycles. The number of piperidine rings is 1. The van der Waals surface area contributed by atoms with Crippen LogP contribution in [0.5, 0.6) is 0 Å². The molecule has 1 aromatic carbocycles. The molecule has 0 spiro atoms. The number of nitrogens with zero attached hydrogens (tertiary/aromatic N) is 1. The van der Waals surface area contributed by atoms with Crippen LogP contribution in [0.4, 0.5) is 0 Å². The molecule has 1 nitrogen and oxygen atoms in total. The van der Waals surface area contributed by atoms with Crippen molar-refractivity contribution in [2.75, 3.05) is 13.1 Å². The standard InChI is InChI=1S/C26H43N/c1-3-22(2)25-17-15-24(16-18-25)19-21-27-20-8-7-13-26(27)14-9-12-23-10-5-4-6-11-23/h15-18,22-23,26H,3-14,19-21H2,1-2H3. The second-order valence-electron chi connectivity index (χ2n) is 9.42. The van der Waals surface area contributed by atoms with Crippen molar-refractivity contribution in [2.24, 2.45) is 5.92 Å². The fourth-order valence-corrected chi connectivity index (χ4v) is 5.32. The quantitative estimate of drug-likeness (QED) is 0.440. The highest BCUT2D eigenvalue weighted by Crippen LogP contribution is 2.29.